The topological polar surface area (TPSA) is 36.4 Å². The number of anilines is 1. The SMILES string of the molecule is CCCCN(C)c1ccc([B]O)cn1. The average Bonchev–Trinajstić information content (AvgIpc) is 2.26. The summed E-state index contributed by atoms with van der Waals surface area (Å²) in [5, 5.41) is 8.73. The second kappa shape index (κ2) is 5.65. The van der Waals surface area contributed by atoms with Gasteiger partial charge in [0, 0.05) is 19.8 Å². The number of pyridine rings is 1. The highest BCUT2D eigenvalue weighted by molar-refractivity contribution is 6.45. The zero-order valence-corrected chi connectivity index (χ0v) is 8.77. The molecule has 0 atom stereocenters. The summed E-state index contributed by atoms with van der Waals surface area (Å²) in [5.74, 6) is 0.948. The molecule has 0 aromatic carbocycles. The monoisotopic (exact) mass is 191 g/mol. The Bertz CT molecular complexity index is 263. The number of unbranched alkanes of at least 4 members (excludes halogenated alkanes) is 1. The van der Waals surface area contributed by atoms with Crippen LogP contribution in [0, 0.1) is 0 Å². The molecule has 0 fully saturated rings. The molecule has 1 aromatic heterocycles. The Labute approximate surface area is 86.1 Å². The highest BCUT2D eigenvalue weighted by atomic mass is 16.2. The summed E-state index contributed by atoms with van der Waals surface area (Å²) >= 11 is 0. The van der Waals surface area contributed by atoms with Crippen LogP contribution in [0.5, 0.6) is 0 Å². The van der Waals surface area contributed by atoms with Crippen molar-refractivity contribution >= 4 is 18.8 Å². The molecule has 0 aliphatic heterocycles. The van der Waals surface area contributed by atoms with Crippen LogP contribution < -0.4 is 10.4 Å². The van der Waals surface area contributed by atoms with Crippen LogP contribution in [0.4, 0.5) is 5.82 Å². The van der Waals surface area contributed by atoms with Crippen LogP contribution in [0.2, 0.25) is 0 Å². The minimum atomic E-state index is 0.734. The standard InChI is InChI=1S/C10H16BN2O/c1-3-4-7-13(2)10-6-5-9(11-14)8-12-10/h5-6,8,14H,3-4,7H2,1-2H3. The van der Waals surface area contributed by atoms with E-state index in [1.165, 1.54) is 12.8 Å². The predicted molar refractivity (Wildman–Crippen MR) is 60.0 cm³/mol. The van der Waals surface area contributed by atoms with E-state index >= 15 is 0 Å². The van der Waals surface area contributed by atoms with E-state index in [0.29, 0.717) is 0 Å². The van der Waals surface area contributed by atoms with Crippen LogP contribution >= 0.6 is 0 Å². The number of hydrogen-bond donors (Lipinski definition) is 1. The molecule has 75 valence electrons. The second-order valence-corrected chi connectivity index (χ2v) is 3.35. The molecular weight excluding hydrogens is 175 g/mol. The van der Waals surface area contributed by atoms with Crippen molar-refractivity contribution in [1.82, 2.24) is 4.98 Å². The van der Waals surface area contributed by atoms with Crippen molar-refractivity contribution < 1.29 is 5.02 Å². The zero-order chi connectivity index (χ0) is 10.4. The van der Waals surface area contributed by atoms with E-state index in [0.717, 1.165) is 25.3 Å². The molecule has 14 heavy (non-hydrogen) atoms. The van der Waals surface area contributed by atoms with Crippen LogP contribution in [-0.4, -0.2) is 31.1 Å². The second-order valence-electron chi connectivity index (χ2n) is 3.35. The minimum Gasteiger partial charge on any atom is -0.450 e. The smallest absolute Gasteiger partial charge is 0.328 e. The highest BCUT2D eigenvalue weighted by Crippen LogP contribution is 2.06. The third-order valence-electron chi connectivity index (χ3n) is 2.16. The molecule has 3 nitrogen and oxygen atoms in total. The van der Waals surface area contributed by atoms with Gasteiger partial charge in [0.25, 0.3) is 0 Å². The van der Waals surface area contributed by atoms with E-state index < -0.39 is 0 Å². The lowest BCUT2D eigenvalue weighted by Gasteiger charge is -2.17. The summed E-state index contributed by atoms with van der Waals surface area (Å²) in [7, 11) is 3.09. The first kappa shape index (κ1) is 11.1. The van der Waals surface area contributed by atoms with Crippen LogP contribution in [0.1, 0.15) is 19.8 Å². The van der Waals surface area contributed by atoms with Gasteiger partial charge >= 0.3 is 7.48 Å². The molecule has 0 spiro atoms. The van der Waals surface area contributed by atoms with Crippen molar-refractivity contribution in [2.75, 3.05) is 18.5 Å². The van der Waals surface area contributed by atoms with Gasteiger partial charge in [0.1, 0.15) is 5.82 Å². The first-order valence-electron chi connectivity index (χ1n) is 4.92. The van der Waals surface area contributed by atoms with E-state index in [1.54, 1.807) is 6.20 Å². The molecule has 4 heteroatoms. The molecular formula is C10H16BN2O. The summed E-state index contributed by atoms with van der Waals surface area (Å²) in [5.41, 5.74) is 0.734. The van der Waals surface area contributed by atoms with Crippen molar-refractivity contribution in [3.05, 3.63) is 18.3 Å². The van der Waals surface area contributed by atoms with Crippen LogP contribution in [-0.2, 0) is 0 Å². The van der Waals surface area contributed by atoms with Gasteiger partial charge in [-0.25, -0.2) is 4.98 Å². The van der Waals surface area contributed by atoms with Crippen molar-refractivity contribution in [1.29, 1.82) is 0 Å². The van der Waals surface area contributed by atoms with Crippen molar-refractivity contribution in [3.8, 4) is 0 Å². The third-order valence-corrected chi connectivity index (χ3v) is 2.16. The number of nitrogens with zero attached hydrogens (tertiary/aromatic N) is 2. The largest absolute Gasteiger partial charge is 0.450 e. The van der Waals surface area contributed by atoms with Gasteiger partial charge in [0.15, 0.2) is 0 Å². The van der Waals surface area contributed by atoms with Crippen LogP contribution in [0.3, 0.4) is 0 Å². The quantitative estimate of drug-likeness (QED) is 0.690. The zero-order valence-electron chi connectivity index (χ0n) is 8.77. The lowest BCUT2D eigenvalue weighted by Crippen LogP contribution is -2.21. The van der Waals surface area contributed by atoms with E-state index in [-0.39, 0.29) is 0 Å². The van der Waals surface area contributed by atoms with E-state index in [4.69, 9.17) is 5.02 Å². The van der Waals surface area contributed by atoms with Crippen molar-refractivity contribution in [2.45, 2.75) is 19.8 Å². The molecule has 1 N–H and O–H groups in total. The van der Waals surface area contributed by atoms with Gasteiger partial charge in [0.2, 0.25) is 0 Å². The van der Waals surface area contributed by atoms with Gasteiger partial charge in [-0.05, 0) is 17.9 Å². The Morgan fingerprint density at radius 3 is 2.79 bits per heavy atom. The Morgan fingerprint density at radius 2 is 2.29 bits per heavy atom. The summed E-state index contributed by atoms with van der Waals surface area (Å²) < 4.78 is 0. The maximum absolute atomic E-state index is 8.73. The molecule has 0 unspecified atom stereocenters. The average molecular weight is 191 g/mol. The molecule has 0 bridgehead atoms. The number of rotatable bonds is 5. The lowest BCUT2D eigenvalue weighted by atomic mass is 9.91. The van der Waals surface area contributed by atoms with Gasteiger partial charge in [-0.15, -0.1) is 0 Å². The summed E-state index contributed by atoms with van der Waals surface area (Å²) in [4.78, 5) is 6.35. The molecule has 0 saturated heterocycles. The minimum absolute atomic E-state index is 0.734. The Hall–Kier alpha value is -1.03. The number of hydrogen-bond acceptors (Lipinski definition) is 3. The van der Waals surface area contributed by atoms with Crippen LogP contribution in [0.15, 0.2) is 18.3 Å². The van der Waals surface area contributed by atoms with E-state index in [1.807, 2.05) is 19.2 Å². The predicted octanol–water partition coefficient (Wildman–Crippen LogP) is 0.555. The van der Waals surface area contributed by atoms with Crippen molar-refractivity contribution in [3.63, 3.8) is 0 Å². The first-order chi connectivity index (χ1) is 6.77. The molecule has 0 aliphatic carbocycles. The first-order valence-corrected chi connectivity index (χ1v) is 4.92. The fourth-order valence-electron chi connectivity index (χ4n) is 1.21. The Kier molecular flexibility index (Phi) is 4.46. The van der Waals surface area contributed by atoms with Crippen LogP contribution in [0.25, 0.3) is 0 Å². The third kappa shape index (κ3) is 3.03. The van der Waals surface area contributed by atoms with Gasteiger partial charge < -0.3 is 9.92 Å². The van der Waals surface area contributed by atoms with Gasteiger partial charge in [-0.2, -0.15) is 0 Å². The van der Waals surface area contributed by atoms with Crippen molar-refractivity contribution in [2.24, 2.45) is 0 Å². The fourth-order valence-corrected chi connectivity index (χ4v) is 1.21. The maximum atomic E-state index is 8.73. The van der Waals surface area contributed by atoms with Gasteiger partial charge in [-0.3, -0.25) is 0 Å². The molecule has 0 aliphatic rings. The van der Waals surface area contributed by atoms with E-state index in [9.17, 15) is 0 Å². The normalized spacial score (nSPS) is 9.93. The molecule has 0 amide bonds. The molecule has 1 rings (SSSR count). The van der Waals surface area contributed by atoms with Gasteiger partial charge in [0.05, 0.1) is 0 Å². The molecule has 0 saturated carbocycles. The summed E-state index contributed by atoms with van der Waals surface area (Å²) in [6.07, 6.45) is 4.02. The molecule has 1 aromatic rings. The fraction of sp³-hybridized carbons (Fsp3) is 0.500. The Morgan fingerprint density at radius 1 is 1.50 bits per heavy atom. The molecule has 1 radical (unpaired) electrons. The highest BCUT2D eigenvalue weighted by Gasteiger charge is 2.01. The maximum Gasteiger partial charge on any atom is 0.328 e. The molecule has 1 heterocycles. The Balaban J connectivity index is 2.57. The number of aromatic nitrogens is 1. The van der Waals surface area contributed by atoms with E-state index in [2.05, 4.69) is 16.8 Å². The van der Waals surface area contributed by atoms with Gasteiger partial charge in [-0.1, -0.05) is 19.4 Å². The summed E-state index contributed by atoms with van der Waals surface area (Å²) in [6.45, 7) is 3.19. The lowest BCUT2D eigenvalue weighted by molar-refractivity contribution is 0.615. The summed E-state index contributed by atoms with van der Waals surface area (Å²) in [6, 6.07) is 3.77.